The van der Waals surface area contributed by atoms with Gasteiger partial charge in [-0.3, -0.25) is 4.79 Å². The first kappa shape index (κ1) is 12.7. The van der Waals surface area contributed by atoms with Crippen molar-refractivity contribution in [3.63, 3.8) is 0 Å². The van der Waals surface area contributed by atoms with Crippen LogP contribution in [0.2, 0.25) is 0 Å². The Bertz CT molecular complexity index is 407. The van der Waals surface area contributed by atoms with Crippen molar-refractivity contribution < 1.29 is 9.53 Å². The summed E-state index contributed by atoms with van der Waals surface area (Å²) in [7, 11) is 0. The highest BCUT2D eigenvalue weighted by molar-refractivity contribution is 5.76. The molecule has 2 rings (SSSR count). The van der Waals surface area contributed by atoms with Crippen molar-refractivity contribution in [3.05, 3.63) is 0 Å². The van der Waals surface area contributed by atoms with Crippen molar-refractivity contribution in [2.45, 2.75) is 32.4 Å². The summed E-state index contributed by atoms with van der Waals surface area (Å²) in [5.74, 6) is 0.139. The van der Waals surface area contributed by atoms with Crippen LogP contribution in [0, 0.1) is 0 Å². The summed E-state index contributed by atoms with van der Waals surface area (Å²) in [5, 5.41) is 10.6. The number of nitrogen functional groups attached to an aromatic ring is 1. The van der Waals surface area contributed by atoms with Gasteiger partial charge in [-0.2, -0.15) is 0 Å². The highest BCUT2D eigenvalue weighted by Crippen LogP contribution is 2.18. The second-order valence-corrected chi connectivity index (χ2v) is 4.24. The maximum absolute atomic E-state index is 12.1. The summed E-state index contributed by atoms with van der Waals surface area (Å²) in [5.41, 5.74) is 5.53. The summed E-state index contributed by atoms with van der Waals surface area (Å²) < 4.78 is 6.70. The first-order chi connectivity index (χ1) is 8.72. The largest absolute Gasteiger partial charge is 0.380 e. The van der Waals surface area contributed by atoms with Crippen LogP contribution in [0.15, 0.2) is 0 Å². The Kier molecular flexibility index (Phi) is 4.08. The molecule has 0 spiro atoms. The van der Waals surface area contributed by atoms with Crippen molar-refractivity contribution >= 4 is 11.9 Å². The molecule has 1 aliphatic heterocycles. The molecule has 0 aromatic carbocycles. The standard InChI is InChI=1S/C10H18N6O2/c1-2-18-7-8-4-3-5-15(8)9(17)6-16-10(11)12-13-14-16/h8H,2-7H2,1H3,(H2,11,12,14). The topological polar surface area (TPSA) is 99.2 Å². The van der Waals surface area contributed by atoms with Crippen LogP contribution in [0.4, 0.5) is 5.95 Å². The zero-order chi connectivity index (χ0) is 13.0. The smallest absolute Gasteiger partial charge is 0.244 e. The highest BCUT2D eigenvalue weighted by atomic mass is 16.5. The average molecular weight is 254 g/mol. The van der Waals surface area contributed by atoms with Crippen LogP contribution in [-0.2, 0) is 16.1 Å². The number of amides is 1. The van der Waals surface area contributed by atoms with Gasteiger partial charge in [-0.15, -0.1) is 0 Å². The first-order valence-corrected chi connectivity index (χ1v) is 6.11. The lowest BCUT2D eigenvalue weighted by Crippen LogP contribution is -2.40. The van der Waals surface area contributed by atoms with E-state index in [0.29, 0.717) is 13.2 Å². The van der Waals surface area contributed by atoms with Gasteiger partial charge in [0.15, 0.2) is 0 Å². The molecule has 2 N–H and O–H groups in total. The second kappa shape index (κ2) is 5.76. The molecule has 0 aliphatic carbocycles. The molecule has 0 saturated carbocycles. The summed E-state index contributed by atoms with van der Waals surface area (Å²) in [6, 6.07) is 0.162. The van der Waals surface area contributed by atoms with Gasteiger partial charge < -0.3 is 15.4 Å². The van der Waals surface area contributed by atoms with Gasteiger partial charge in [-0.1, -0.05) is 5.10 Å². The predicted molar refractivity (Wildman–Crippen MR) is 63.5 cm³/mol. The zero-order valence-electron chi connectivity index (χ0n) is 10.4. The number of tetrazole rings is 1. The van der Waals surface area contributed by atoms with Crippen LogP contribution in [0.25, 0.3) is 0 Å². The van der Waals surface area contributed by atoms with Gasteiger partial charge in [0, 0.05) is 13.2 Å². The van der Waals surface area contributed by atoms with Crippen LogP contribution in [0.1, 0.15) is 19.8 Å². The number of likely N-dealkylation sites (tertiary alicyclic amines) is 1. The van der Waals surface area contributed by atoms with Crippen LogP contribution in [0.5, 0.6) is 0 Å². The SMILES string of the molecule is CCOCC1CCCN1C(=O)Cn1nnnc1N. The number of nitrogens with two attached hydrogens (primary N) is 1. The molecule has 1 amide bonds. The van der Waals surface area contributed by atoms with Crippen molar-refractivity contribution in [2.24, 2.45) is 0 Å². The number of rotatable bonds is 5. The monoisotopic (exact) mass is 254 g/mol. The summed E-state index contributed by atoms with van der Waals surface area (Å²) in [6.07, 6.45) is 1.99. The Morgan fingerprint density at radius 2 is 2.44 bits per heavy atom. The molecule has 0 bridgehead atoms. The Hall–Kier alpha value is -1.70. The minimum Gasteiger partial charge on any atom is -0.380 e. The number of hydrogen-bond donors (Lipinski definition) is 1. The molecule has 1 saturated heterocycles. The number of carbonyl (C=O) groups excluding carboxylic acids is 1. The Morgan fingerprint density at radius 3 is 3.11 bits per heavy atom. The quantitative estimate of drug-likeness (QED) is 0.744. The maximum Gasteiger partial charge on any atom is 0.244 e. The van der Waals surface area contributed by atoms with E-state index in [2.05, 4.69) is 15.5 Å². The summed E-state index contributed by atoms with van der Waals surface area (Å²) >= 11 is 0. The molecule has 1 aromatic heterocycles. The highest BCUT2D eigenvalue weighted by Gasteiger charge is 2.29. The van der Waals surface area contributed by atoms with E-state index in [4.69, 9.17) is 10.5 Å². The van der Waals surface area contributed by atoms with Gasteiger partial charge in [-0.05, 0) is 30.2 Å². The van der Waals surface area contributed by atoms with E-state index in [0.717, 1.165) is 19.4 Å². The van der Waals surface area contributed by atoms with Crippen molar-refractivity contribution in [1.82, 2.24) is 25.1 Å². The number of ether oxygens (including phenoxy) is 1. The van der Waals surface area contributed by atoms with E-state index in [9.17, 15) is 4.79 Å². The number of nitrogens with zero attached hydrogens (tertiary/aromatic N) is 5. The van der Waals surface area contributed by atoms with Crippen LogP contribution >= 0.6 is 0 Å². The van der Waals surface area contributed by atoms with Crippen molar-refractivity contribution in [3.8, 4) is 0 Å². The fraction of sp³-hybridized carbons (Fsp3) is 0.800. The van der Waals surface area contributed by atoms with Crippen LogP contribution in [-0.4, -0.2) is 56.8 Å². The third kappa shape index (κ3) is 2.76. The van der Waals surface area contributed by atoms with Gasteiger partial charge in [0.25, 0.3) is 0 Å². The van der Waals surface area contributed by atoms with Gasteiger partial charge >= 0.3 is 0 Å². The lowest BCUT2D eigenvalue weighted by atomic mass is 10.2. The molecule has 0 radical (unpaired) electrons. The lowest BCUT2D eigenvalue weighted by Gasteiger charge is -2.24. The average Bonchev–Trinajstić information content (AvgIpc) is 2.96. The molecular formula is C10H18N6O2. The van der Waals surface area contributed by atoms with Gasteiger partial charge in [0.1, 0.15) is 6.54 Å². The fourth-order valence-electron chi connectivity index (χ4n) is 2.13. The molecule has 8 nitrogen and oxygen atoms in total. The molecule has 8 heteroatoms. The lowest BCUT2D eigenvalue weighted by molar-refractivity contribution is -0.133. The van der Waals surface area contributed by atoms with Crippen molar-refractivity contribution in [1.29, 1.82) is 0 Å². The van der Waals surface area contributed by atoms with Crippen LogP contribution in [0.3, 0.4) is 0 Å². The van der Waals surface area contributed by atoms with E-state index in [-0.39, 0.29) is 24.4 Å². The zero-order valence-corrected chi connectivity index (χ0v) is 10.4. The van der Waals surface area contributed by atoms with Crippen molar-refractivity contribution in [2.75, 3.05) is 25.5 Å². The number of carbonyl (C=O) groups is 1. The maximum atomic E-state index is 12.1. The molecule has 100 valence electrons. The molecule has 1 atom stereocenters. The molecular weight excluding hydrogens is 236 g/mol. The molecule has 1 aromatic rings. The molecule has 1 aliphatic rings. The molecule has 1 unspecified atom stereocenters. The van der Waals surface area contributed by atoms with Gasteiger partial charge in [0.2, 0.25) is 11.9 Å². The molecule has 18 heavy (non-hydrogen) atoms. The molecule has 2 heterocycles. The van der Waals surface area contributed by atoms with E-state index in [1.54, 1.807) is 0 Å². The van der Waals surface area contributed by atoms with E-state index < -0.39 is 0 Å². The number of aromatic nitrogens is 4. The number of hydrogen-bond acceptors (Lipinski definition) is 6. The predicted octanol–water partition coefficient (Wildman–Crippen LogP) is -0.717. The first-order valence-electron chi connectivity index (χ1n) is 6.11. The second-order valence-electron chi connectivity index (χ2n) is 4.24. The van der Waals surface area contributed by atoms with E-state index in [1.165, 1.54) is 4.68 Å². The normalized spacial score (nSPS) is 19.4. The summed E-state index contributed by atoms with van der Waals surface area (Å²) in [4.78, 5) is 14.0. The Labute approximate surface area is 105 Å². The molecule has 1 fully saturated rings. The fourth-order valence-corrected chi connectivity index (χ4v) is 2.13. The van der Waals surface area contributed by atoms with Crippen LogP contribution < -0.4 is 5.73 Å². The van der Waals surface area contributed by atoms with Gasteiger partial charge in [-0.25, -0.2) is 4.68 Å². The third-order valence-electron chi connectivity index (χ3n) is 3.06. The third-order valence-corrected chi connectivity index (χ3v) is 3.06. The summed E-state index contributed by atoms with van der Waals surface area (Å²) in [6.45, 7) is 4.05. The number of anilines is 1. The van der Waals surface area contributed by atoms with Gasteiger partial charge in [0.05, 0.1) is 12.6 Å². The Balaban J connectivity index is 1.93. The Morgan fingerprint density at radius 1 is 1.61 bits per heavy atom. The van der Waals surface area contributed by atoms with E-state index in [1.807, 2.05) is 11.8 Å². The van der Waals surface area contributed by atoms with E-state index >= 15 is 0 Å². The minimum atomic E-state index is -0.0174. The minimum absolute atomic E-state index is 0.0174.